The van der Waals surface area contributed by atoms with Crippen LogP contribution in [0.1, 0.15) is 0 Å². The zero-order valence-electron chi connectivity index (χ0n) is 10.7. The van der Waals surface area contributed by atoms with Crippen molar-refractivity contribution in [3.05, 3.63) is 18.2 Å². The van der Waals surface area contributed by atoms with Gasteiger partial charge in [0.25, 0.3) is 0 Å². The van der Waals surface area contributed by atoms with Crippen LogP contribution in [0.25, 0.3) is 0 Å². The average Bonchev–Trinajstić information content (AvgIpc) is 2.40. The number of hydrogen-bond donors (Lipinski definition) is 2. The van der Waals surface area contributed by atoms with Crippen molar-refractivity contribution < 1.29 is 14.9 Å². The Hall–Kier alpha value is -1.46. The van der Waals surface area contributed by atoms with E-state index in [0.717, 1.165) is 38.4 Å². The van der Waals surface area contributed by atoms with Crippen LogP contribution in [-0.4, -0.2) is 61.6 Å². The monoisotopic (exact) mass is 252 g/mol. The van der Waals surface area contributed by atoms with Crippen molar-refractivity contribution >= 4 is 5.69 Å². The summed E-state index contributed by atoms with van der Waals surface area (Å²) in [5.74, 6) is 0.709. The number of methoxy groups -OCH3 is 1. The number of nitrogens with zero attached hydrogens (tertiary/aromatic N) is 2. The van der Waals surface area contributed by atoms with Gasteiger partial charge in [0.2, 0.25) is 0 Å². The van der Waals surface area contributed by atoms with E-state index in [4.69, 9.17) is 9.84 Å². The topological polar surface area (TPSA) is 56.2 Å². The van der Waals surface area contributed by atoms with Gasteiger partial charge in [-0.2, -0.15) is 0 Å². The van der Waals surface area contributed by atoms with Crippen LogP contribution < -0.4 is 9.64 Å². The maximum absolute atomic E-state index is 9.76. The third-order valence-electron chi connectivity index (χ3n) is 3.31. The Morgan fingerprint density at radius 2 is 1.94 bits per heavy atom. The average molecular weight is 252 g/mol. The summed E-state index contributed by atoms with van der Waals surface area (Å²) in [6.07, 6.45) is 0. The van der Waals surface area contributed by atoms with E-state index in [-0.39, 0.29) is 12.4 Å². The number of phenolic OH excluding ortho intramolecular Hbond substituents is 1. The largest absolute Gasteiger partial charge is 0.504 e. The highest BCUT2D eigenvalue weighted by Gasteiger charge is 2.20. The number of β-amino-alcohol motifs (C(OH)–C–C–N with tert-alkyl or cyclic N) is 1. The van der Waals surface area contributed by atoms with Crippen LogP contribution >= 0.6 is 0 Å². The molecule has 1 fully saturated rings. The number of hydrogen-bond acceptors (Lipinski definition) is 5. The lowest BCUT2D eigenvalue weighted by Gasteiger charge is -2.36. The Bertz CT molecular complexity index is 390. The van der Waals surface area contributed by atoms with Gasteiger partial charge in [0, 0.05) is 32.7 Å². The van der Waals surface area contributed by atoms with Crippen LogP contribution in [0.3, 0.4) is 0 Å². The summed E-state index contributed by atoms with van der Waals surface area (Å²) < 4.78 is 5.26. The minimum Gasteiger partial charge on any atom is -0.504 e. The molecule has 0 bridgehead atoms. The number of rotatable bonds is 4. The molecule has 0 saturated carbocycles. The van der Waals surface area contributed by atoms with E-state index in [1.165, 1.54) is 0 Å². The molecule has 1 heterocycles. The molecule has 2 rings (SSSR count). The maximum Gasteiger partial charge on any atom is 0.183 e. The highest BCUT2D eigenvalue weighted by molar-refractivity contribution is 5.64. The summed E-state index contributed by atoms with van der Waals surface area (Å²) in [4.78, 5) is 4.43. The van der Waals surface area contributed by atoms with Gasteiger partial charge < -0.3 is 19.8 Å². The normalized spacial score (nSPS) is 16.9. The molecule has 0 aromatic heterocycles. The molecule has 1 aromatic rings. The number of anilines is 1. The molecule has 5 nitrogen and oxygen atoms in total. The Morgan fingerprint density at radius 3 is 2.56 bits per heavy atom. The lowest BCUT2D eigenvalue weighted by atomic mass is 10.2. The number of aliphatic hydroxyl groups excluding tert-OH is 1. The Morgan fingerprint density at radius 1 is 1.22 bits per heavy atom. The summed E-state index contributed by atoms with van der Waals surface area (Å²) in [6, 6.07) is 5.41. The van der Waals surface area contributed by atoms with Crippen molar-refractivity contribution in [3.63, 3.8) is 0 Å². The third-order valence-corrected chi connectivity index (χ3v) is 3.31. The molecule has 1 aliphatic rings. The van der Waals surface area contributed by atoms with Gasteiger partial charge in [0.1, 0.15) is 0 Å². The van der Waals surface area contributed by atoms with Crippen LogP contribution in [0.5, 0.6) is 11.5 Å². The second-order valence-electron chi connectivity index (χ2n) is 4.38. The minimum atomic E-state index is 0.174. The first-order chi connectivity index (χ1) is 8.76. The molecule has 5 heteroatoms. The first kappa shape index (κ1) is 13.0. The summed E-state index contributed by atoms with van der Waals surface area (Å²) in [6.45, 7) is 4.51. The van der Waals surface area contributed by atoms with E-state index in [2.05, 4.69) is 9.80 Å². The van der Waals surface area contributed by atoms with Crippen molar-refractivity contribution in [1.82, 2.24) is 4.90 Å². The molecular formula is C13H20N2O3. The van der Waals surface area contributed by atoms with Gasteiger partial charge in [0.15, 0.2) is 11.5 Å². The number of benzene rings is 1. The smallest absolute Gasteiger partial charge is 0.183 e. The van der Waals surface area contributed by atoms with Gasteiger partial charge >= 0.3 is 0 Å². The Kier molecular flexibility index (Phi) is 4.28. The number of para-hydroxylation sites is 1. The van der Waals surface area contributed by atoms with E-state index in [9.17, 15) is 5.11 Å². The number of phenols is 1. The third kappa shape index (κ3) is 2.68. The second kappa shape index (κ2) is 5.93. The molecule has 0 unspecified atom stereocenters. The molecule has 0 amide bonds. The standard InChI is InChI=1S/C13H20N2O3/c1-18-13-11(3-2-4-12(13)17)15-7-5-14(6-8-15)9-10-16/h2-4,16-17H,5-10H2,1H3. The van der Waals surface area contributed by atoms with Crippen molar-refractivity contribution in [3.8, 4) is 11.5 Å². The van der Waals surface area contributed by atoms with Gasteiger partial charge in [-0.3, -0.25) is 4.90 Å². The number of piperazine rings is 1. The molecule has 0 radical (unpaired) electrons. The van der Waals surface area contributed by atoms with Crippen molar-refractivity contribution in [1.29, 1.82) is 0 Å². The van der Waals surface area contributed by atoms with Crippen molar-refractivity contribution in [2.24, 2.45) is 0 Å². The van der Waals surface area contributed by atoms with E-state index in [1.54, 1.807) is 13.2 Å². The highest BCUT2D eigenvalue weighted by atomic mass is 16.5. The van der Waals surface area contributed by atoms with E-state index in [0.29, 0.717) is 5.75 Å². The lowest BCUT2D eigenvalue weighted by Crippen LogP contribution is -2.47. The molecule has 2 N–H and O–H groups in total. The zero-order chi connectivity index (χ0) is 13.0. The van der Waals surface area contributed by atoms with Crippen LogP contribution in [0, 0.1) is 0 Å². The predicted octanol–water partition coefficient (Wildman–Crippen LogP) is 0.515. The quantitative estimate of drug-likeness (QED) is 0.818. The van der Waals surface area contributed by atoms with Crippen LogP contribution in [-0.2, 0) is 0 Å². The summed E-state index contributed by atoms with van der Waals surface area (Å²) in [5.41, 5.74) is 0.932. The Balaban J connectivity index is 2.07. The molecule has 0 atom stereocenters. The summed E-state index contributed by atoms with van der Waals surface area (Å²) in [5, 5.41) is 18.7. The molecule has 18 heavy (non-hydrogen) atoms. The molecule has 1 saturated heterocycles. The molecule has 0 spiro atoms. The Labute approximate surface area is 107 Å². The summed E-state index contributed by atoms with van der Waals surface area (Å²) >= 11 is 0. The van der Waals surface area contributed by atoms with Gasteiger partial charge in [-0.05, 0) is 12.1 Å². The fourth-order valence-corrected chi connectivity index (χ4v) is 2.32. The predicted molar refractivity (Wildman–Crippen MR) is 70.4 cm³/mol. The molecule has 1 aromatic carbocycles. The highest BCUT2D eigenvalue weighted by Crippen LogP contribution is 2.36. The molecule has 100 valence electrons. The van der Waals surface area contributed by atoms with Crippen LogP contribution in [0.15, 0.2) is 18.2 Å². The molecular weight excluding hydrogens is 232 g/mol. The van der Waals surface area contributed by atoms with Crippen LogP contribution in [0.4, 0.5) is 5.69 Å². The summed E-state index contributed by atoms with van der Waals surface area (Å²) in [7, 11) is 1.57. The molecule has 1 aliphatic heterocycles. The fraction of sp³-hybridized carbons (Fsp3) is 0.538. The second-order valence-corrected chi connectivity index (χ2v) is 4.38. The fourth-order valence-electron chi connectivity index (χ4n) is 2.32. The zero-order valence-corrected chi connectivity index (χ0v) is 10.7. The SMILES string of the molecule is COc1c(O)cccc1N1CCN(CCO)CC1. The first-order valence-corrected chi connectivity index (χ1v) is 6.20. The molecule has 0 aliphatic carbocycles. The van der Waals surface area contributed by atoms with Crippen molar-refractivity contribution in [2.75, 3.05) is 51.3 Å². The van der Waals surface area contributed by atoms with Gasteiger partial charge in [-0.15, -0.1) is 0 Å². The van der Waals surface area contributed by atoms with Gasteiger partial charge in [-0.25, -0.2) is 0 Å². The minimum absolute atomic E-state index is 0.174. The van der Waals surface area contributed by atoms with Gasteiger partial charge in [0.05, 0.1) is 19.4 Å². The van der Waals surface area contributed by atoms with E-state index in [1.807, 2.05) is 12.1 Å². The van der Waals surface area contributed by atoms with E-state index >= 15 is 0 Å². The van der Waals surface area contributed by atoms with Gasteiger partial charge in [-0.1, -0.05) is 6.07 Å². The van der Waals surface area contributed by atoms with E-state index < -0.39 is 0 Å². The number of aromatic hydroxyl groups is 1. The number of ether oxygens (including phenoxy) is 1. The lowest BCUT2D eigenvalue weighted by molar-refractivity contribution is 0.188. The number of aliphatic hydroxyl groups is 1. The maximum atomic E-state index is 9.76. The van der Waals surface area contributed by atoms with Crippen LogP contribution in [0.2, 0.25) is 0 Å². The van der Waals surface area contributed by atoms with Crippen molar-refractivity contribution in [2.45, 2.75) is 0 Å². The first-order valence-electron chi connectivity index (χ1n) is 6.20.